The summed E-state index contributed by atoms with van der Waals surface area (Å²) < 4.78 is 0. The molecule has 1 fully saturated rings. The third kappa shape index (κ3) is 4.83. The Morgan fingerprint density at radius 2 is 1.93 bits per heavy atom. The summed E-state index contributed by atoms with van der Waals surface area (Å²) in [5.74, 6) is 1.90. The van der Waals surface area contributed by atoms with Gasteiger partial charge in [-0.2, -0.15) is 0 Å². The highest BCUT2D eigenvalue weighted by atomic mass is 14.8. The van der Waals surface area contributed by atoms with Crippen molar-refractivity contribution in [1.29, 1.82) is 0 Å². The minimum Gasteiger partial charge on any atom is -0.319 e. The van der Waals surface area contributed by atoms with Crippen LogP contribution in [-0.2, 0) is 0 Å². The van der Waals surface area contributed by atoms with Gasteiger partial charge < -0.3 is 5.32 Å². The van der Waals surface area contributed by atoms with E-state index in [2.05, 4.69) is 25.0 Å². The third-order valence-electron chi connectivity index (χ3n) is 3.77. The second-order valence-electron chi connectivity index (χ2n) is 4.94. The van der Waals surface area contributed by atoms with E-state index >= 15 is 0 Å². The minimum atomic E-state index is 0.933. The van der Waals surface area contributed by atoms with E-state index < -0.39 is 0 Å². The van der Waals surface area contributed by atoms with Gasteiger partial charge in [-0.1, -0.05) is 31.8 Å². The number of rotatable bonds is 6. The molecule has 0 spiro atoms. The van der Waals surface area contributed by atoms with Crippen LogP contribution < -0.4 is 5.32 Å². The normalized spacial score (nSPS) is 27.3. The van der Waals surface area contributed by atoms with Crippen LogP contribution in [0, 0.1) is 11.8 Å². The molecule has 0 aromatic rings. The number of hydrogen-bond donors (Lipinski definition) is 1. The van der Waals surface area contributed by atoms with Crippen LogP contribution in [0.5, 0.6) is 0 Å². The molecule has 0 saturated heterocycles. The maximum absolute atomic E-state index is 3.80. The maximum Gasteiger partial charge on any atom is -0.00209 e. The molecule has 1 saturated carbocycles. The molecule has 0 aromatic heterocycles. The molecule has 1 aliphatic rings. The first kappa shape index (κ1) is 12.8. The molecule has 1 rings (SSSR count). The molecule has 0 radical (unpaired) electrons. The van der Waals surface area contributed by atoms with Crippen LogP contribution >= 0.6 is 0 Å². The van der Waals surface area contributed by atoms with Gasteiger partial charge in [0.05, 0.1) is 0 Å². The van der Waals surface area contributed by atoms with Crippen LogP contribution in [0.15, 0.2) is 12.7 Å². The lowest BCUT2D eigenvalue weighted by atomic mass is 9.84. The zero-order chi connectivity index (χ0) is 10.9. The van der Waals surface area contributed by atoms with Crippen LogP contribution in [0.2, 0.25) is 0 Å². The molecule has 1 N–H and O–H groups in total. The van der Waals surface area contributed by atoms with E-state index in [1.807, 2.05) is 0 Å². The molecular weight excluding hydrogens is 182 g/mol. The lowest BCUT2D eigenvalue weighted by molar-refractivity contribution is 0.284. The predicted octanol–water partition coefficient (Wildman–Crippen LogP) is 3.76. The summed E-state index contributed by atoms with van der Waals surface area (Å²) in [4.78, 5) is 0. The Bertz CT molecular complexity index is 165. The van der Waals surface area contributed by atoms with Gasteiger partial charge in [0.2, 0.25) is 0 Å². The van der Waals surface area contributed by atoms with Gasteiger partial charge in [-0.15, -0.1) is 6.58 Å². The first-order chi connectivity index (χ1) is 7.38. The summed E-state index contributed by atoms with van der Waals surface area (Å²) >= 11 is 0. The largest absolute Gasteiger partial charge is 0.319 e. The Balaban J connectivity index is 2.35. The highest BCUT2D eigenvalue weighted by molar-refractivity contribution is 4.77. The average Bonchev–Trinajstić information content (AvgIpc) is 2.45. The SMILES string of the molecule is C=CCCCC1CCCCCC1CNC. The van der Waals surface area contributed by atoms with Gasteiger partial charge in [-0.25, -0.2) is 0 Å². The summed E-state index contributed by atoms with van der Waals surface area (Å²) in [6.45, 7) is 5.03. The van der Waals surface area contributed by atoms with Crippen LogP contribution in [0.1, 0.15) is 51.4 Å². The Kier molecular flexibility index (Phi) is 6.74. The Morgan fingerprint density at radius 1 is 1.20 bits per heavy atom. The standard InChI is InChI=1S/C14H27N/c1-3-4-6-9-13-10-7-5-8-11-14(13)12-15-2/h3,13-15H,1,4-12H2,2H3. The van der Waals surface area contributed by atoms with Crippen LogP contribution in [-0.4, -0.2) is 13.6 Å². The van der Waals surface area contributed by atoms with Gasteiger partial charge in [0, 0.05) is 0 Å². The summed E-state index contributed by atoms with van der Waals surface area (Å²) in [7, 11) is 2.09. The third-order valence-corrected chi connectivity index (χ3v) is 3.77. The van der Waals surface area contributed by atoms with E-state index in [9.17, 15) is 0 Å². The number of unbranched alkanes of at least 4 members (excludes halogenated alkanes) is 1. The molecule has 15 heavy (non-hydrogen) atoms. The van der Waals surface area contributed by atoms with E-state index in [0.717, 1.165) is 11.8 Å². The van der Waals surface area contributed by atoms with Gasteiger partial charge in [-0.3, -0.25) is 0 Å². The lowest BCUT2D eigenvalue weighted by Gasteiger charge is -2.24. The average molecular weight is 209 g/mol. The number of nitrogens with one attached hydrogen (secondary N) is 1. The van der Waals surface area contributed by atoms with Crippen LogP contribution in [0.4, 0.5) is 0 Å². The Morgan fingerprint density at radius 3 is 2.60 bits per heavy atom. The fraction of sp³-hybridized carbons (Fsp3) is 0.857. The van der Waals surface area contributed by atoms with E-state index in [-0.39, 0.29) is 0 Å². The molecule has 2 atom stereocenters. The Labute approximate surface area is 95.3 Å². The zero-order valence-corrected chi connectivity index (χ0v) is 10.3. The minimum absolute atomic E-state index is 0.933. The second-order valence-corrected chi connectivity index (χ2v) is 4.94. The summed E-state index contributed by atoms with van der Waals surface area (Å²) in [6.07, 6.45) is 13.3. The van der Waals surface area contributed by atoms with Crippen molar-refractivity contribution in [2.45, 2.75) is 51.4 Å². The van der Waals surface area contributed by atoms with Gasteiger partial charge in [-0.05, 0) is 51.1 Å². The predicted molar refractivity (Wildman–Crippen MR) is 68.0 cm³/mol. The van der Waals surface area contributed by atoms with E-state index in [4.69, 9.17) is 0 Å². The fourth-order valence-corrected chi connectivity index (χ4v) is 2.90. The molecule has 88 valence electrons. The molecular formula is C14H27N. The van der Waals surface area contributed by atoms with Crippen molar-refractivity contribution in [3.8, 4) is 0 Å². The van der Waals surface area contributed by atoms with Crippen molar-refractivity contribution in [3.05, 3.63) is 12.7 Å². The van der Waals surface area contributed by atoms with Crippen LogP contribution in [0.3, 0.4) is 0 Å². The molecule has 1 nitrogen and oxygen atoms in total. The quantitative estimate of drug-likeness (QED) is 0.399. The lowest BCUT2D eigenvalue weighted by Crippen LogP contribution is -2.25. The maximum atomic E-state index is 3.80. The van der Waals surface area contributed by atoms with Gasteiger partial charge in [0.15, 0.2) is 0 Å². The van der Waals surface area contributed by atoms with Crippen molar-refractivity contribution < 1.29 is 0 Å². The molecule has 2 unspecified atom stereocenters. The summed E-state index contributed by atoms with van der Waals surface area (Å²) in [5, 5.41) is 3.37. The molecule has 1 heteroatoms. The number of allylic oxidation sites excluding steroid dienone is 1. The zero-order valence-electron chi connectivity index (χ0n) is 10.3. The fourth-order valence-electron chi connectivity index (χ4n) is 2.90. The van der Waals surface area contributed by atoms with Crippen molar-refractivity contribution in [2.75, 3.05) is 13.6 Å². The molecule has 0 aromatic carbocycles. The van der Waals surface area contributed by atoms with E-state index in [0.29, 0.717) is 0 Å². The molecule has 1 aliphatic carbocycles. The monoisotopic (exact) mass is 209 g/mol. The van der Waals surface area contributed by atoms with Crippen LogP contribution in [0.25, 0.3) is 0 Å². The van der Waals surface area contributed by atoms with E-state index in [1.165, 1.54) is 57.9 Å². The van der Waals surface area contributed by atoms with Gasteiger partial charge >= 0.3 is 0 Å². The molecule has 0 amide bonds. The molecule has 0 heterocycles. The smallest absolute Gasteiger partial charge is 0.00209 e. The highest BCUT2D eigenvalue weighted by Crippen LogP contribution is 2.31. The molecule has 0 aliphatic heterocycles. The Hall–Kier alpha value is -0.300. The van der Waals surface area contributed by atoms with Crippen molar-refractivity contribution in [3.63, 3.8) is 0 Å². The highest BCUT2D eigenvalue weighted by Gasteiger charge is 2.22. The topological polar surface area (TPSA) is 12.0 Å². The first-order valence-corrected chi connectivity index (χ1v) is 6.64. The second kappa shape index (κ2) is 7.92. The summed E-state index contributed by atoms with van der Waals surface area (Å²) in [5.41, 5.74) is 0. The first-order valence-electron chi connectivity index (χ1n) is 6.64. The van der Waals surface area contributed by atoms with E-state index in [1.54, 1.807) is 0 Å². The number of hydrogen-bond acceptors (Lipinski definition) is 1. The van der Waals surface area contributed by atoms with Crippen molar-refractivity contribution >= 4 is 0 Å². The van der Waals surface area contributed by atoms with Crippen molar-refractivity contribution in [1.82, 2.24) is 5.32 Å². The van der Waals surface area contributed by atoms with Gasteiger partial charge in [0.1, 0.15) is 0 Å². The van der Waals surface area contributed by atoms with Gasteiger partial charge in [0.25, 0.3) is 0 Å². The van der Waals surface area contributed by atoms with Crippen molar-refractivity contribution in [2.24, 2.45) is 11.8 Å². The summed E-state index contributed by atoms with van der Waals surface area (Å²) in [6, 6.07) is 0. The molecule has 0 bridgehead atoms.